The van der Waals surface area contributed by atoms with E-state index < -0.39 is 5.91 Å². The summed E-state index contributed by atoms with van der Waals surface area (Å²) in [5, 5.41) is 8.91. The number of amides is 1. The number of rotatable bonds is 8. The van der Waals surface area contributed by atoms with Gasteiger partial charge in [0, 0.05) is 22.9 Å². The van der Waals surface area contributed by atoms with E-state index in [0.717, 1.165) is 22.5 Å². The minimum Gasteiger partial charge on any atom is -0.493 e. The van der Waals surface area contributed by atoms with Crippen LogP contribution in [-0.2, 0) is 0 Å². The van der Waals surface area contributed by atoms with E-state index >= 15 is 0 Å². The highest BCUT2D eigenvalue weighted by Gasteiger charge is 2.17. The second-order valence-electron chi connectivity index (χ2n) is 7.19. The second-order valence-corrected chi connectivity index (χ2v) is 7.19. The molecular weight excluding hydrogens is 432 g/mol. The van der Waals surface area contributed by atoms with Crippen molar-refractivity contribution in [3.63, 3.8) is 0 Å². The Kier molecular flexibility index (Phi) is 6.88. The summed E-state index contributed by atoms with van der Waals surface area (Å²) in [6, 6.07) is 22.7. The van der Waals surface area contributed by atoms with E-state index in [2.05, 4.69) is 10.5 Å². The van der Waals surface area contributed by atoms with E-state index in [-0.39, 0.29) is 0 Å². The van der Waals surface area contributed by atoms with Gasteiger partial charge < -0.3 is 14.2 Å². The van der Waals surface area contributed by atoms with Crippen LogP contribution in [0.1, 0.15) is 15.9 Å². The zero-order valence-electron chi connectivity index (χ0n) is 19.1. The molecule has 0 aliphatic rings. The number of para-hydroxylation sites is 1. The van der Waals surface area contributed by atoms with Crippen molar-refractivity contribution in [3.8, 4) is 34.2 Å². The highest BCUT2D eigenvalue weighted by Crippen LogP contribution is 2.38. The molecule has 4 rings (SSSR count). The molecule has 1 aromatic heterocycles. The molecule has 1 amide bonds. The predicted molar refractivity (Wildman–Crippen MR) is 130 cm³/mol. The van der Waals surface area contributed by atoms with Crippen molar-refractivity contribution in [1.82, 2.24) is 15.2 Å². The number of carbonyl (C=O) groups excluding carboxylic acids is 1. The summed E-state index contributed by atoms with van der Waals surface area (Å²) in [7, 11) is 4.49. The van der Waals surface area contributed by atoms with Gasteiger partial charge in [-0.2, -0.15) is 10.2 Å². The van der Waals surface area contributed by atoms with Gasteiger partial charge in [0.05, 0.1) is 33.2 Å². The summed E-state index contributed by atoms with van der Waals surface area (Å²) >= 11 is 0. The number of benzene rings is 3. The maximum absolute atomic E-state index is 12.8. The standard InChI is InChI=1S/C26H24N4O4/c1-32-22-14-19(15-23(33-2)25(22)34-3)26(31)28-27-16-20-17-30(21-12-8-5-9-13-21)29-24(20)18-10-6-4-7-11-18/h4-17H,1-3H3,(H,28,31)/b27-16+. The normalized spacial score (nSPS) is 10.8. The largest absolute Gasteiger partial charge is 0.493 e. The number of hydrogen-bond acceptors (Lipinski definition) is 6. The summed E-state index contributed by atoms with van der Waals surface area (Å²) in [6.07, 6.45) is 3.44. The summed E-state index contributed by atoms with van der Waals surface area (Å²) < 4.78 is 17.7. The van der Waals surface area contributed by atoms with Crippen LogP contribution in [0.2, 0.25) is 0 Å². The van der Waals surface area contributed by atoms with Crippen molar-refractivity contribution in [1.29, 1.82) is 0 Å². The molecule has 0 fully saturated rings. The third-order valence-electron chi connectivity index (χ3n) is 5.11. The lowest BCUT2D eigenvalue weighted by molar-refractivity contribution is 0.0954. The van der Waals surface area contributed by atoms with Crippen LogP contribution in [-0.4, -0.2) is 43.2 Å². The molecular formula is C26H24N4O4. The van der Waals surface area contributed by atoms with E-state index in [4.69, 9.17) is 19.3 Å². The fourth-order valence-corrected chi connectivity index (χ4v) is 3.45. The lowest BCUT2D eigenvalue weighted by Crippen LogP contribution is -2.18. The average Bonchev–Trinajstić information content (AvgIpc) is 3.32. The molecule has 0 unspecified atom stereocenters. The van der Waals surface area contributed by atoms with Crippen molar-refractivity contribution in [2.24, 2.45) is 5.10 Å². The van der Waals surface area contributed by atoms with E-state index in [0.29, 0.717) is 22.8 Å². The molecule has 172 valence electrons. The van der Waals surface area contributed by atoms with Crippen molar-refractivity contribution < 1.29 is 19.0 Å². The van der Waals surface area contributed by atoms with Crippen molar-refractivity contribution in [2.75, 3.05) is 21.3 Å². The molecule has 1 heterocycles. The Balaban J connectivity index is 1.61. The smallest absolute Gasteiger partial charge is 0.271 e. The number of methoxy groups -OCH3 is 3. The quantitative estimate of drug-likeness (QED) is 0.315. The van der Waals surface area contributed by atoms with Gasteiger partial charge in [0.2, 0.25) is 5.75 Å². The minimum atomic E-state index is -0.424. The molecule has 4 aromatic rings. The lowest BCUT2D eigenvalue weighted by Gasteiger charge is -2.13. The number of ether oxygens (including phenoxy) is 3. The highest BCUT2D eigenvalue weighted by molar-refractivity contribution is 5.97. The Morgan fingerprint density at radius 3 is 2.12 bits per heavy atom. The van der Waals surface area contributed by atoms with Gasteiger partial charge in [0.15, 0.2) is 11.5 Å². The number of aromatic nitrogens is 2. The van der Waals surface area contributed by atoms with E-state index in [1.807, 2.05) is 66.9 Å². The van der Waals surface area contributed by atoms with Crippen molar-refractivity contribution in [2.45, 2.75) is 0 Å². The van der Waals surface area contributed by atoms with Crippen LogP contribution in [0.15, 0.2) is 84.1 Å². The Morgan fingerprint density at radius 1 is 0.912 bits per heavy atom. The molecule has 34 heavy (non-hydrogen) atoms. The predicted octanol–water partition coefficient (Wildman–Crippen LogP) is 4.33. The van der Waals surface area contributed by atoms with E-state index in [1.54, 1.807) is 23.0 Å². The van der Waals surface area contributed by atoms with Gasteiger partial charge in [0.1, 0.15) is 5.69 Å². The van der Waals surface area contributed by atoms with Crippen LogP contribution in [0.4, 0.5) is 0 Å². The van der Waals surface area contributed by atoms with Gasteiger partial charge in [-0.05, 0) is 24.3 Å². The maximum Gasteiger partial charge on any atom is 0.271 e. The van der Waals surface area contributed by atoms with Crippen molar-refractivity contribution >= 4 is 12.1 Å². The molecule has 0 aliphatic carbocycles. The van der Waals surface area contributed by atoms with Gasteiger partial charge in [0.25, 0.3) is 5.91 Å². The van der Waals surface area contributed by atoms with Gasteiger partial charge in [-0.1, -0.05) is 48.5 Å². The molecule has 0 saturated carbocycles. The Hall–Kier alpha value is -4.59. The second kappa shape index (κ2) is 10.4. The van der Waals surface area contributed by atoms with E-state index in [9.17, 15) is 4.79 Å². The zero-order chi connectivity index (χ0) is 23.9. The Bertz CT molecular complexity index is 1280. The number of nitrogens with zero attached hydrogens (tertiary/aromatic N) is 3. The molecule has 0 aliphatic heterocycles. The van der Waals surface area contributed by atoms with Gasteiger partial charge >= 0.3 is 0 Å². The third-order valence-corrected chi connectivity index (χ3v) is 5.11. The fraction of sp³-hybridized carbons (Fsp3) is 0.115. The Labute approximate surface area is 197 Å². The molecule has 0 radical (unpaired) electrons. The lowest BCUT2D eigenvalue weighted by atomic mass is 10.1. The first-order valence-electron chi connectivity index (χ1n) is 10.5. The Morgan fingerprint density at radius 2 is 1.53 bits per heavy atom. The zero-order valence-corrected chi connectivity index (χ0v) is 19.1. The topological polar surface area (TPSA) is 87.0 Å². The fourth-order valence-electron chi connectivity index (χ4n) is 3.45. The van der Waals surface area contributed by atoms with Gasteiger partial charge in [-0.25, -0.2) is 10.1 Å². The highest BCUT2D eigenvalue weighted by atomic mass is 16.5. The monoisotopic (exact) mass is 456 g/mol. The summed E-state index contributed by atoms with van der Waals surface area (Å²) in [4.78, 5) is 12.8. The SMILES string of the molecule is COc1cc(C(=O)N/N=C/c2cn(-c3ccccc3)nc2-c2ccccc2)cc(OC)c1OC. The first-order chi connectivity index (χ1) is 16.6. The van der Waals surface area contributed by atoms with Gasteiger partial charge in [-0.3, -0.25) is 4.79 Å². The van der Waals surface area contributed by atoms with E-state index in [1.165, 1.54) is 21.3 Å². The first kappa shape index (κ1) is 22.6. The molecule has 0 atom stereocenters. The molecule has 3 aromatic carbocycles. The number of nitrogens with one attached hydrogen (secondary N) is 1. The molecule has 0 spiro atoms. The molecule has 8 nitrogen and oxygen atoms in total. The van der Waals surface area contributed by atoms with Gasteiger partial charge in [-0.15, -0.1) is 0 Å². The van der Waals surface area contributed by atoms with Crippen LogP contribution in [0.25, 0.3) is 16.9 Å². The number of carbonyl (C=O) groups is 1. The summed E-state index contributed by atoms with van der Waals surface area (Å²) in [6.45, 7) is 0. The summed E-state index contributed by atoms with van der Waals surface area (Å²) in [5.74, 6) is 0.746. The van der Waals surface area contributed by atoms with Crippen LogP contribution in [0.3, 0.4) is 0 Å². The molecule has 1 N–H and O–H groups in total. The van der Waals surface area contributed by atoms with Crippen LogP contribution < -0.4 is 19.6 Å². The first-order valence-corrected chi connectivity index (χ1v) is 10.5. The van der Waals surface area contributed by atoms with Crippen LogP contribution in [0, 0.1) is 0 Å². The number of hydrazone groups is 1. The molecule has 0 bridgehead atoms. The van der Waals surface area contributed by atoms with Crippen LogP contribution in [0.5, 0.6) is 17.2 Å². The third kappa shape index (κ3) is 4.75. The van der Waals surface area contributed by atoms with Crippen LogP contribution >= 0.6 is 0 Å². The average molecular weight is 457 g/mol. The number of hydrogen-bond donors (Lipinski definition) is 1. The maximum atomic E-state index is 12.8. The van der Waals surface area contributed by atoms with Crippen molar-refractivity contribution in [3.05, 3.63) is 90.1 Å². The molecule has 0 saturated heterocycles. The molecule has 8 heteroatoms. The summed E-state index contributed by atoms with van der Waals surface area (Å²) in [5.41, 5.74) is 6.22. The minimum absolute atomic E-state index is 0.315.